The average Bonchev–Trinajstić information content (AvgIpc) is 3.28. The van der Waals surface area contributed by atoms with E-state index in [1.807, 2.05) is 0 Å². The fraction of sp³-hybridized carbons (Fsp3) is 0.702. The van der Waals surface area contributed by atoms with Gasteiger partial charge < -0.3 is 14.2 Å². The Morgan fingerprint density at radius 3 is 1.00 bits per heavy atom. The second-order valence-corrected chi connectivity index (χ2v) is 17.0. The Bertz CT molecular complexity index is 1240. The largest absolute Gasteiger partial charge is 0.462 e. The number of esters is 3. The molecule has 0 aromatic carbocycles. The molecule has 6 nitrogen and oxygen atoms in total. The molecule has 0 radical (unpaired) electrons. The molecule has 0 aliphatic carbocycles. The Balaban J connectivity index is 4.45. The summed E-state index contributed by atoms with van der Waals surface area (Å²) in [4.78, 5) is 38.0. The fourth-order valence-electron chi connectivity index (χ4n) is 7.04. The summed E-state index contributed by atoms with van der Waals surface area (Å²) < 4.78 is 16.7. The van der Waals surface area contributed by atoms with Crippen LogP contribution in [0.15, 0.2) is 85.1 Å². The van der Waals surface area contributed by atoms with E-state index in [1.165, 1.54) is 89.9 Å². The molecule has 0 fully saturated rings. The molecule has 0 aliphatic heterocycles. The molecule has 0 spiro atoms. The third-order valence-corrected chi connectivity index (χ3v) is 10.9. The van der Waals surface area contributed by atoms with Crippen molar-refractivity contribution < 1.29 is 28.6 Å². The summed E-state index contributed by atoms with van der Waals surface area (Å²) in [6.07, 6.45) is 65.8. The fourth-order valence-corrected chi connectivity index (χ4v) is 7.04. The lowest BCUT2D eigenvalue weighted by Gasteiger charge is -2.18. The summed E-state index contributed by atoms with van der Waals surface area (Å²) in [7, 11) is 0. The molecule has 1 unspecified atom stereocenters. The zero-order valence-corrected chi connectivity index (χ0v) is 41.1. The van der Waals surface area contributed by atoms with Gasteiger partial charge in [0, 0.05) is 19.3 Å². The van der Waals surface area contributed by atoms with Gasteiger partial charge >= 0.3 is 17.9 Å². The number of carbonyl (C=O) groups excluding carboxylic acids is 3. The summed E-state index contributed by atoms with van der Waals surface area (Å²) in [5.74, 6) is -0.972. The lowest BCUT2D eigenvalue weighted by atomic mass is 10.0. The van der Waals surface area contributed by atoms with Gasteiger partial charge in [0.1, 0.15) is 13.2 Å². The molecule has 0 saturated heterocycles. The van der Waals surface area contributed by atoms with Crippen molar-refractivity contribution >= 4 is 17.9 Å². The number of hydrogen-bond donors (Lipinski definition) is 0. The van der Waals surface area contributed by atoms with Gasteiger partial charge in [-0.2, -0.15) is 0 Å². The first-order valence-corrected chi connectivity index (χ1v) is 26.1. The van der Waals surface area contributed by atoms with E-state index in [4.69, 9.17) is 14.2 Å². The zero-order valence-electron chi connectivity index (χ0n) is 41.1. The van der Waals surface area contributed by atoms with Crippen LogP contribution in [-0.2, 0) is 28.6 Å². The summed E-state index contributed by atoms with van der Waals surface area (Å²) in [5, 5.41) is 0. The van der Waals surface area contributed by atoms with Gasteiger partial charge in [0.2, 0.25) is 0 Å². The molecular weight excluding hydrogens is 781 g/mol. The van der Waals surface area contributed by atoms with Gasteiger partial charge in [0.05, 0.1) is 0 Å². The van der Waals surface area contributed by atoms with E-state index in [1.54, 1.807) is 0 Å². The van der Waals surface area contributed by atoms with Crippen molar-refractivity contribution in [2.24, 2.45) is 0 Å². The Labute approximate surface area is 388 Å². The SMILES string of the molecule is CC/C=C\C/C=C\C/C=C\C/C=C\CCCCCC(=O)OC(COC(=O)CCCC/C=C\C/C=C\C/C=C\CC)COC(=O)CCCCCCCCCCCCCCCCCCC. The van der Waals surface area contributed by atoms with Crippen molar-refractivity contribution in [1.29, 1.82) is 0 Å². The molecule has 0 heterocycles. The monoisotopic (exact) mass is 877 g/mol. The molecule has 6 heteroatoms. The summed E-state index contributed by atoms with van der Waals surface area (Å²) in [6.45, 7) is 6.35. The molecule has 0 aromatic rings. The molecule has 360 valence electrons. The molecule has 0 bridgehead atoms. The first kappa shape index (κ1) is 59.6. The summed E-state index contributed by atoms with van der Waals surface area (Å²) in [6, 6.07) is 0. The highest BCUT2D eigenvalue weighted by Crippen LogP contribution is 2.15. The highest BCUT2D eigenvalue weighted by atomic mass is 16.6. The number of carbonyl (C=O) groups is 3. The zero-order chi connectivity index (χ0) is 45.8. The van der Waals surface area contributed by atoms with Crippen LogP contribution in [0.2, 0.25) is 0 Å². The number of rotatable bonds is 46. The van der Waals surface area contributed by atoms with Gasteiger partial charge in [-0.05, 0) is 89.9 Å². The van der Waals surface area contributed by atoms with Crippen LogP contribution in [0.25, 0.3) is 0 Å². The van der Waals surface area contributed by atoms with Gasteiger partial charge in [-0.1, -0.05) is 215 Å². The van der Waals surface area contributed by atoms with Crippen molar-refractivity contribution in [1.82, 2.24) is 0 Å². The van der Waals surface area contributed by atoms with Crippen LogP contribution in [0, 0.1) is 0 Å². The molecular formula is C57H96O6. The molecule has 0 saturated carbocycles. The first-order valence-electron chi connectivity index (χ1n) is 26.1. The molecule has 0 rings (SSSR count). The van der Waals surface area contributed by atoms with Gasteiger partial charge in [-0.25, -0.2) is 0 Å². The third-order valence-electron chi connectivity index (χ3n) is 10.9. The summed E-state index contributed by atoms with van der Waals surface area (Å²) in [5.41, 5.74) is 0. The normalized spacial score (nSPS) is 12.7. The maximum Gasteiger partial charge on any atom is 0.306 e. The second-order valence-electron chi connectivity index (χ2n) is 17.0. The maximum atomic E-state index is 12.8. The smallest absolute Gasteiger partial charge is 0.306 e. The minimum atomic E-state index is -0.807. The van der Waals surface area contributed by atoms with Crippen LogP contribution in [0.1, 0.15) is 239 Å². The predicted octanol–water partition coefficient (Wildman–Crippen LogP) is 17.2. The number of allylic oxidation sites excluding steroid dienone is 14. The van der Waals surface area contributed by atoms with Gasteiger partial charge in [-0.3, -0.25) is 14.4 Å². The number of unbranched alkanes of at least 4 members (excludes halogenated alkanes) is 21. The van der Waals surface area contributed by atoms with Crippen molar-refractivity contribution in [3.8, 4) is 0 Å². The van der Waals surface area contributed by atoms with Gasteiger partial charge in [0.15, 0.2) is 6.10 Å². The van der Waals surface area contributed by atoms with Crippen molar-refractivity contribution in [3.63, 3.8) is 0 Å². The van der Waals surface area contributed by atoms with Crippen LogP contribution in [0.3, 0.4) is 0 Å². The van der Waals surface area contributed by atoms with Gasteiger partial charge in [0.25, 0.3) is 0 Å². The molecule has 1 atom stereocenters. The van der Waals surface area contributed by atoms with Crippen LogP contribution >= 0.6 is 0 Å². The van der Waals surface area contributed by atoms with Crippen molar-refractivity contribution in [2.75, 3.05) is 13.2 Å². The molecule has 63 heavy (non-hydrogen) atoms. The van der Waals surface area contributed by atoms with Crippen LogP contribution in [0.4, 0.5) is 0 Å². The second kappa shape index (κ2) is 51.2. The Kier molecular flexibility index (Phi) is 48.5. The molecule has 0 amide bonds. The first-order chi connectivity index (χ1) is 31.0. The average molecular weight is 877 g/mol. The van der Waals surface area contributed by atoms with Crippen LogP contribution < -0.4 is 0 Å². The maximum absolute atomic E-state index is 12.8. The lowest BCUT2D eigenvalue weighted by Crippen LogP contribution is -2.30. The minimum absolute atomic E-state index is 0.100. The predicted molar refractivity (Wildman–Crippen MR) is 270 cm³/mol. The van der Waals surface area contributed by atoms with E-state index in [0.29, 0.717) is 12.8 Å². The molecule has 0 N–H and O–H groups in total. The Morgan fingerprint density at radius 1 is 0.333 bits per heavy atom. The van der Waals surface area contributed by atoms with Crippen molar-refractivity contribution in [3.05, 3.63) is 85.1 Å². The lowest BCUT2D eigenvalue weighted by molar-refractivity contribution is -0.167. The quantitative estimate of drug-likeness (QED) is 0.0262. The molecule has 0 aromatic heterocycles. The standard InChI is InChI=1S/C57H96O6/c1-4-7-10-13-16-19-22-25-27-29-31-32-35-38-41-44-47-50-56(59)62-53-54(52-61-55(58)49-46-43-40-37-34-24-21-18-15-12-9-6-3)63-57(60)51-48-45-42-39-36-33-30-28-26-23-20-17-14-11-8-5-2/h8-9,11-12,17-18,20-21,26,28,33-34,36-37,54H,4-7,10,13-16,19,22-25,27,29-32,35,38-53H2,1-3H3/b11-8-,12-9-,20-17-,21-18-,28-26-,36-33-,37-34-. The number of ether oxygens (including phenoxy) is 3. The number of hydrogen-bond acceptors (Lipinski definition) is 6. The van der Waals surface area contributed by atoms with Crippen LogP contribution in [0.5, 0.6) is 0 Å². The van der Waals surface area contributed by atoms with E-state index in [-0.39, 0.29) is 37.5 Å². The Morgan fingerprint density at radius 2 is 0.619 bits per heavy atom. The van der Waals surface area contributed by atoms with E-state index < -0.39 is 6.10 Å². The van der Waals surface area contributed by atoms with Gasteiger partial charge in [-0.15, -0.1) is 0 Å². The summed E-state index contributed by atoms with van der Waals surface area (Å²) >= 11 is 0. The van der Waals surface area contributed by atoms with E-state index >= 15 is 0 Å². The highest BCUT2D eigenvalue weighted by Gasteiger charge is 2.19. The Hall–Kier alpha value is -3.41. The minimum Gasteiger partial charge on any atom is -0.462 e. The van der Waals surface area contributed by atoms with Crippen molar-refractivity contribution in [2.45, 2.75) is 245 Å². The third kappa shape index (κ3) is 49.5. The van der Waals surface area contributed by atoms with E-state index in [2.05, 4.69) is 106 Å². The van der Waals surface area contributed by atoms with Crippen LogP contribution in [-0.4, -0.2) is 37.2 Å². The molecule has 0 aliphatic rings. The highest BCUT2D eigenvalue weighted by molar-refractivity contribution is 5.71. The van der Waals surface area contributed by atoms with E-state index in [9.17, 15) is 14.4 Å². The van der Waals surface area contributed by atoms with E-state index in [0.717, 1.165) is 109 Å². The topological polar surface area (TPSA) is 78.9 Å².